The van der Waals surface area contributed by atoms with Gasteiger partial charge in [-0.2, -0.15) is 0 Å². The van der Waals surface area contributed by atoms with E-state index in [1.807, 2.05) is 28.8 Å². The Balaban J connectivity index is 1.42. The first kappa shape index (κ1) is 19.1. The van der Waals surface area contributed by atoms with E-state index in [1.165, 1.54) is 7.11 Å². The maximum absolute atomic E-state index is 12.6. The van der Waals surface area contributed by atoms with E-state index in [2.05, 4.69) is 20.4 Å². The van der Waals surface area contributed by atoms with Gasteiger partial charge in [0.05, 0.1) is 24.9 Å². The maximum atomic E-state index is 12.6. The Hall–Kier alpha value is -3.26. The van der Waals surface area contributed by atoms with E-state index >= 15 is 0 Å². The number of likely N-dealkylation sites (tertiary alicyclic amines) is 1. The Bertz CT molecular complexity index is 1030. The number of aromatic nitrogens is 3. The molecule has 0 aliphatic carbocycles. The number of nitrogens with zero attached hydrogens (tertiary/aromatic N) is 4. The molecule has 8 nitrogen and oxygen atoms in total. The average molecular weight is 393 g/mol. The van der Waals surface area contributed by atoms with Crippen molar-refractivity contribution in [2.24, 2.45) is 0 Å². The lowest BCUT2D eigenvalue weighted by molar-refractivity contribution is -0.117. The smallest absolute Gasteiger partial charge is 0.339 e. The predicted molar refractivity (Wildman–Crippen MR) is 108 cm³/mol. The molecule has 1 atom stereocenters. The van der Waals surface area contributed by atoms with Gasteiger partial charge in [0.15, 0.2) is 5.65 Å². The quantitative estimate of drug-likeness (QED) is 0.670. The normalized spacial score (nSPS) is 17.2. The second kappa shape index (κ2) is 8.40. The third-order valence-electron chi connectivity index (χ3n) is 5.18. The molecule has 2 aromatic heterocycles. The minimum atomic E-state index is -0.474. The fourth-order valence-corrected chi connectivity index (χ4v) is 3.82. The Morgan fingerprint density at radius 1 is 1.17 bits per heavy atom. The molecule has 1 aliphatic heterocycles. The topological polar surface area (TPSA) is 88.8 Å². The van der Waals surface area contributed by atoms with E-state index in [-0.39, 0.29) is 18.4 Å². The Kier molecular flexibility index (Phi) is 5.53. The number of para-hydroxylation sites is 1. The first-order chi connectivity index (χ1) is 14.2. The van der Waals surface area contributed by atoms with Crippen molar-refractivity contribution in [2.45, 2.75) is 18.8 Å². The molecule has 29 heavy (non-hydrogen) atoms. The van der Waals surface area contributed by atoms with Crippen LogP contribution in [0.15, 0.2) is 48.7 Å². The molecule has 0 saturated carbocycles. The molecule has 3 heterocycles. The number of benzene rings is 1. The van der Waals surface area contributed by atoms with Crippen LogP contribution in [0.25, 0.3) is 5.65 Å². The maximum Gasteiger partial charge on any atom is 0.339 e. The largest absolute Gasteiger partial charge is 0.465 e. The van der Waals surface area contributed by atoms with E-state index in [4.69, 9.17) is 4.74 Å². The minimum Gasteiger partial charge on any atom is -0.465 e. The highest BCUT2D eigenvalue weighted by molar-refractivity contribution is 6.01. The number of esters is 1. The number of anilines is 1. The highest BCUT2D eigenvalue weighted by atomic mass is 16.5. The summed E-state index contributed by atoms with van der Waals surface area (Å²) in [5.74, 6) is 0.517. The molecule has 1 amide bonds. The van der Waals surface area contributed by atoms with Crippen LogP contribution in [-0.4, -0.2) is 58.1 Å². The Morgan fingerprint density at radius 2 is 2.00 bits per heavy atom. The second-order valence-electron chi connectivity index (χ2n) is 7.15. The first-order valence-electron chi connectivity index (χ1n) is 9.65. The van der Waals surface area contributed by atoms with Crippen LogP contribution in [-0.2, 0) is 9.53 Å². The summed E-state index contributed by atoms with van der Waals surface area (Å²) < 4.78 is 6.80. The second-order valence-corrected chi connectivity index (χ2v) is 7.15. The van der Waals surface area contributed by atoms with Crippen LogP contribution in [0.1, 0.15) is 34.9 Å². The number of amides is 1. The van der Waals surface area contributed by atoms with Crippen molar-refractivity contribution < 1.29 is 14.3 Å². The van der Waals surface area contributed by atoms with Crippen LogP contribution >= 0.6 is 0 Å². The molecular formula is C21H23N5O3. The lowest BCUT2D eigenvalue weighted by atomic mass is 9.97. The van der Waals surface area contributed by atoms with Crippen LogP contribution in [0.4, 0.5) is 5.69 Å². The fraction of sp³-hybridized carbons (Fsp3) is 0.333. The zero-order valence-corrected chi connectivity index (χ0v) is 16.2. The van der Waals surface area contributed by atoms with Crippen molar-refractivity contribution in [3.63, 3.8) is 0 Å². The summed E-state index contributed by atoms with van der Waals surface area (Å²) in [6.07, 6.45) is 3.97. The van der Waals surface area contributed by atoms with Crippen molar-refractivity contribution in [2.75, 3.05) is 32.1 Å². The molecule has 0 spiro atoms. The van der Waals surface area contributed by atoms with Crippen LogP contribution in [0, 0.1) is 0 Å². The zero-order valence-electron chi connectivity index (χ0n) is 16.2. The standard InChI is InChI=1S/C21H23N5O3/c1-29-21(28)16-8-2-3-9-17(16)22-19(27)14-25-11-6-7-15(13-25)20-24-23-18-10-4-5-12-26(18)20/h2-5,8-10,12,15H,6-7,11,13-14H2,1H3,(H,22,27). The van der Waals surface area contributed by atoms with Gasteiger partial charge >= 0.3 is 5.97 Å². The highest BCUT2D eigenvalue weighted by Crippen LogP contribution is 2.26. The zero-order chi connectivity index (χ0) is 20.2. The van der Waals surface area contributed by atoms with E-state index in [0.29, 0.717) is 11.3 Å². The molecule has 1 aliphatic rings. The van der Waals surface area contributed by atoms with Crippen LogP contribution < -0.4 is 5.32 Å². The molecule has 1 fully saturated rings. The number of methoxy groups -OCH3 is 1. The molecule has 1 N–H and O–H groups in total. The van der Waals surface area contributed by atoms with Crippen LogP contribution in [0.3, 0.4) is 0 Å². The van der Waals surface area contributed by atoms with E-state index < -0.39 is 5.97 Å². The average Bonchev–Trinajstić information content (AvgIpc) is 3.18. The summed E-state index contributed by atoms with van der Waals surface area (Å²) in [7, 11) is 1.32. The van der Waals surface area contributed by atoms with E-state index in [0.717, 1.165) is 37.4 Å². The summed E-state index contributed by atoms with van der Waals surface area (Å²) in [6.45, 7) is 1.84. The summed E-state index contributed by atoms with van der Waals surface area (Å²) in [5, 5.41) is 11.5. The number of rotatable bonds is 5. The number of nitrogens with one attached hydrogen (secondary N) is 1. The number of hydrogen-bond acceptors (Lipinski definition) is 6. The summed E-state index contributed by atoms with van der Waals surface area (Å²) in [6, 6.07) is 12.7. The number of carbonyl (C=O) groups is 2. The van der Waals surface area contributed by atoms with Gasteiger partial charge in [-0.15, -0.1) is 10.2 Å². The summed E-state index contributed by atoms with van der Waals surface area (Å²) in [5.41, 5.74) is 1.63. The third kappa shape index (κ3) is 4.12. The van der Waals surface area contributed by atoms with Crippen molar-refractivity contribution in [3.8, 4) is 0 Å². The Labute approximate surface area is 168 Å². The van der Waals surface area contributed by atoms with Gasteiger partial charge in [0.25, 0.3) is 0 Å². The Morgan fingerprint density at radius 3 is 2.86 bits per heavy atom. The van der Waals surface area contributed by atoms with Crippen molar-refractivity contribution in [1.29, 1.82) is 0 Å². The lowest BCUT2D eigenvalue weighted by Crippen LogP contribution is -2.40. The van der Waals surface area contributed by atoms with Gasteiger partial charge < -0.3 is 10.1 Å². The number of pyridine rings is 1. The number of carbonyl (C=O) groups excluding carboxylic acids is 2. The van der Waals surface area contributed by atoms with Gasteiger partial charge in [-0.1, -0.05) is 18.2 Å². The number of piperidine rings is 1. The van der Waals surface area contributed by atoms with Gasteiger partial charge in [-0.05, 0) is 43.7 Å². The van der Waals surface area contributed by atoms with Crippen molar-refractivity contribution >= 4 is 23.2 Å². The van der Waals surface area contributed by atoms with Crippen molar-refractivity contribution in [3.05, 3.63) is 60.0 Å². The monoisotopic (exact) mass is 393 g/mol. The number of fused-ring (bicyclic) bond motifs is 1. The van der Waals surface area contributed by atoms with Crippen molar-refractivity contribution in [1.82, 2.24) is 19.5 Å². The van der Waals surface area contributed by atoms with Gasteiger partial charge in [-0.25, -0.2) is 4.79 Å². The van der Waals surface area contributed by atoms with E-state index in [1.54, 1.807) is 24.3 Å². The molecular weight excluding hydrogens is 370 g/mol. The molecule has 0 bridgehead atoms. The SMILES string of the molecule is COC(=O)c1ccccc1NC(=O)CN1CCCC(c2nnc3ccccn23)C1. The molecule has 8 heteroatoms. The third-order valence-corrected chi connectivity index (χ3v) is 5.18. The van der Waals surface area contributed by atoms with Crippen LogP contribution in [0.2, 0.25) is 0 Å². The highest BCUT2D eigenvalue weighted by Gasteiger charge is 2.26. The summed E-state index contributed by atoms with van der Waals surface area (Å²) >= 11 is 0. The van der Waals surface area contributed by atoms with E-state index in [9.17, 15) is 9.59 Å². The number of ether oxygens (including phenoxy) is 1. The molecule has 3 aromatic rings. The van der Waals surface area contributed by atoms with Crippen LogP contribution in [0.5, 0.6) is 0 Å². The number of hydrogen-bond donors (Lipinski definition) is 1. The molecule has 1 saturated heterocycles. The summed E-state index contributed by atoms with van der Waals surface area (Å²) in [4.78, 5) is 26.6. The van der Waals surface area contributed by atoms with Gasteiger partial charge in [0.1, 0.15) is 5.82 Å². The van der Waals surface area contributed by atoms with Gasteiger partial charge in [0, 0.05) is 18.7 Å². The predicted octanol–water partition coefficient (Wildman–Crippen LogP) is 2.33. The van der Waals surface area contributed by atoms with Gasteiger partial charge in [-0.3, -0.25) is 14.1 Å². The minimum absolute atomic E-state index is 0.159. The lowest BCUT2D eigenvalue weighted by Gasteiger charge is -2.31. The fourth-order valence-electron chi connectivity index (χ4n) is 3.82. The molecule has 0 radical (unpaired) electrons. The van der Waals surface area contributed by atoms with Gasteiger partial charge in [0.2, 0.25) is 5.91 Å². The molecule has 150 valence electrons. The molecule has 1 unspecified atom stereocenters. The first-order valence-corrected chi connectivity index (χ1v) is 9.65. The molecule has 1 aromatic carbocycles. The molecule has 4 rings (SSSR count).